The first kappa shape index (κ1) is 14.4. The molecule has 2 rings (SSSR count). The van der Waals surface area contributed by atoms with Crippen LogP contribution in [0.15, 0.2) is 18.5 Å². The smallest absolute Gasteiger partial charge is 0.309 e. The summed E-state index contributed by atoms with van der Waals surface area (Å²) in [5.74, 6) is -1.87. The molecule has 1 fully saturated rings. The fraction of sp³-hybridized carbons (Fsp3) is 0.500. The normalized spacial score (nSPS) is 17.8. The molecule has 1 amide bonds. The molecule has 0 atom stereocenters. The second-order valence-electron chi connectivity index (χ2n) is 5.09. The first-order chi connectivity index (χ1) is 9.50. The SMILES string of the molecule is CCC1(C(=O)O)CCN(C(=O)c2ccncc2F)CC1. The molecule has 6 heteroatoms. The van der Waals surface area contributed by atoms with Crippen molar-refractivity contribution >= 4 is 11.9 Å². The highest BCUT2D eigenvalue weighted by molar-refractivity contribution is 5.94. The third kappa shape index (κ3) is 2.50. The summed E-state index contributed by atoms with van der Waals surface area (Å²) in [7, 11) is 0. The Kier molecular flexibility index (Phi) is 4.01. The maximum atomic E-state index is 13.5. The molecule has 0 aromatic carbocycles. The molecule has 1 saturated heterocycles. The molecule has 5 nitrogen and oxygen atoms in total. The standard InChI is InChI=1S/C14H17FN2O3/c1-2-14(13(19)20)4-7-17(8-5-14)12(18)10-3-6-16-9-11(10)15/h3,6,9H,2,4-5,7-8H2,1H3,(H,19,20). The molecule has 0 bridgehead atoms. The van der Waals surface area contributed by atoms with Gasteiger partial charge in [0.25, 0.3) is 5.91 Å². The number of pyridine rings is 1. The number of likely N-dealkylation sites (tertiary alicyclic amines) is 1. The lowest BCUT2D eigenvalue weighted by atomic mass is 9.76. The van der Waals surface area contributed by atoms with Gasteiger partial charge in [0.1, 0.15) is 0 Å². The number of hydrogen-bond acceptors (Lipinski definition) is 3. The Morgan fingerprint density at radius 3 is 2.60 bits per heavy atom. The molecule has 1 aromatic heterocycles. The van der Waals surface area contributed by atoms with Crippen LogP contribution in [0.25, 0.3) is 0 Å². The Bertz CT molecular complexity index is 525. The fourth-order valence-electron chi connectivity index (χ4n) is 2.58. The van der Waals surface area contributed by atoms with E-state index < -0.39 is 23.1 Å². The number of carbonyl (C=O) groups excluding carboxylic acids is 1. The van der Waals surface area contributed by atoms with Crippen molar-refractivity contribution in [2.75, 3.05) is 13.1 Å². The van der Waals surface area contributed by atoms with Gasteiger partial charge in [0.2, 0.25) is 0 Å². The summed E-state index contributed by atoms with van der Waals surface area (Å²) in [5.41, 5.74) is -0.771. The minimum atomic E-state index is -0.817. The summed E-state index contributed by atoms with van der Waals surface area (Å²) < 4.78 is 13.5. The highest BCUT2D eigenvalue weighted by atomic mass is 19.1. The Labute approximate surface area is 116 Å². The number of aromatic nitrogens is 1. The van der Waals surface area contributed by atoms with E-state index in [0.29, 0.717) is 32.4 Å². The molecule has 0 radical (unpaired) electrons. The zero-order valence-corrected chi connectivity index (χ0v) is 11.3. The largest absolute Gasteiger partial charge is 0.481 e. The number of carboxylic acid groups (broad SMARTS) is 1. The lowest BCUT2D eigenvalue weighted by Crippen LogP contribution is -2.46. The number of hydrogen-bond donors (Lipinski definition) is 1. The van der Waals surface area contributed by atoms with E-state index in [4.69, 9.17) is 0 Å². The molecule has 0 unspecified atom stereocenters. The lowest BCUT2D eigenvalue weighted by Gasteiger charge is -2.38. The van der Waals surface area contributed by atoms with Crippen LogP contribution in [0.5, 0.6) is 0 Å². The molecule has 1 aromatic rings. The second kappa shape index (κ2) is 5.56. The average molecular weight is 280 g/mol. The van der Waals surface area contributed by atoms with E-state index in [1.54, 1.807) is 0 Å². The van der Waals surface area contributed by atoms with E-state index in [1.165, 1.54) is 17.2 Å². The summed E-state index contributed by atoms with van der Waals surface area (Å²) >= 11 is 0. The van der Waals surface area contributed by atoms with E-state index in [2.05, 4.69) is 4.98 Å². The van der Waals surface area contributed by atoms with Gasteiger partial charge in [-0.25, -0.2) is 4.39 Å². The third-order valence-electron chi connectivity index (χ3n) is 4.14. The van der Waals surface area contributed by atoms with Gasteiger partial charge in [0.15, 0.2) is 5.82 Å². The number of nitrogens with zero attached hydrogens (tertiary/aromatic N) is 2. The maximum Gasteiger partial charge on any atom is 0.309 e. The average Bonchev–Trinajstić information content (AvgIpc) is 2.47. The number of aliphatic carboxylic acids is 1. The molecule has 0 aliphatic carbocycles. The van der Waals surface area contributed by atoms with Gasteiger partial charge in [0.05, 0.1) is 17.2 Å². The van der Waals surface area contributed by atoms with Crippen molar-refractivity contribution in [3.63, 3.8) is 0 Å². The van der Waals surface area contributed by atoms with Gasteiger partial charge in [-0.05, 0) is 25.3 Å². The Morgan fingerprint density at radius 1 is 1.45 bits per heavy atom. The molecular formula is C14H17FN2O3. The van der Waals surface area contributed by atoms with Gasteiger partial charge in [-0.1, -0.05) is 6.92 Å². The van der Waals surface area contributed by atoms with Crippen molar-refractivity contribution in [1.82, 2.24) is 9.88 Å². The number of carbonyl (C=O) groups is 2. The molecule has 2 heterocycles. The van der Waals surface area contributed by atoms with E-state index in [1.807, 2.05) is 6.92 Å². The molecule has 20 heavy (non-hydrogen) atoms. The Morgan fingerprint density at radius 2 is 2.10 bits per heavy atom. The molecule has 1 aliphatic heterocycles. The Balaban J connectivity index is 2.10. The van der Waals surface area contributed by atoms with Crippen LogP contribution in [-0.2, 0) is 4.79 Å². The van der Waals surface area contributed by atoms with Gasteiger partial charge in [-0.2, -0.15) is 0 Å². The van der Waals surface area contributed by atoms with E-state index in [-0.39, 0.29) is 5.56 Å². The summed E-state index contributed by atoms with van der Waals surface area (Å²) in [6.07, 6.45) is 3.71. The minimum Gasteiger partial charge on any atom is -0.481 e. The van der Waals surface area contributed by atoms with Crippen LogP contribution in [0.3, 0.4) is 0 Å². The topological polar surface area (TPSA) is 70.5 Å². The highest BCUT2D eigenvalue weighted by Crippen LogP contribution is 2.35. The number of amides is 1. The molecule has 108 valence electrons. The second-order valence-corrected chi connectivity index (χ2v) is 5.09. The van der Waals surface area contributed by atoms with Crippen LogP contribution < -0.4 is 0 Å². The monoisotopic (exact) mass is 280 g/mol. The molecule has 0 saturated carbocycles. The summed E-state index contributed by atoms with van der Waals surface area (Å²) in [5, 5.41) is 9.30. The number of piperidine rings is 1. The summed E-state index contributed by atoms with van der Waals surface area (Å²) in [6, 6.07) is 1.34. The van der Waals surface area contributed by atoms with Crippen molar-refractivity contribution in [3.8, 4) is 0 Å². The molecule has 1 aliphatic rings. The van der Waals surface area contributed by atoms with Crippen molar-refractivity contribution in [1.29, 1.82) is 0 Å². The zero-order chi connectivity index (χ0) is 14.8. The molecular weight excluding hydrogens is 263 g/mol. The zero-order valence-electron chi connectivity index (χ0n) is 11.3. The quantitative estimate of drug-likeness (QED) is 0.918. The van der Waals surface area contributed by atoms with Crippen molar-refractivity contribution < 1.29 is 19.1 Å². The first-order valence-electron chi connectivity index (χ1n) is 6.62. The van der Waals surface area contributed by atoms with Gasteiger partial charge in [-0.15, -0.1) is 0 Å². The van der Waals surface area contributed by atoms with E-state index >= 15 is 0 Å². The van der Waals surface area contributed by atoms with Crippen LogP contribution in [0.1, 0.15) is 36.5 Å². The lowest BCUT2D eigenvalue weighted by molar-refractivity contribution is -0.152. The van der Waals surface area contributed by atoms with Gasteiger partial charge < -0.3 is 10.0 Å². The van der Waals surface area contributed by atoms with E-state index in [9.17, 15) is 19.1 Å². The van der Waals surface area contributed by atoms with Gasteiger partial charge in [0, 0.05) is 19.3 Å². The van der Waals surface area contributed by atoms with Gasteiger partial charge in [-0.3, -0.25) is 14.6 Å². The predicted molar refractivity (Wildman–Crippen MR) is 69.7 cm³/mol. The van der Waals surface area contributed by atoms with Crippen LogP contribution in [0, 0.1) is 11.2 Å². The van der Waals surface area contributed by atoms with Crippen LogP contribution in [-0.4, -0.2) is 40.0 Å². The summed E-state index contributed by atoms with van der Waals surface area (Å²) in [4.78, 5) is 28.7. The number of carboxylic acids is 1. The van der Waals surface area contributed by atoms with Crippen molar-refractivity contribution in [3.05, 3.63) is 29.8 Å². The van der Waals surface area contributed by atoms with Crippen LogP contribution in [0.2, 0.25) is 0 Å². The van der Waals surface area contributed by atoms with Crippen LogP contribution in [0.4, 0.5) is 4.39 Å². The maximum absolute atomic E-state index is 13.5. The van der Waals surface area contributed by atoms with Gasteiger partial charge >= 0.3 is 5.97 Å². The third-order valence-corrected chi connectivity index (χ3v) is 4.14. The van der Waals surface area contributed by atoms with Crippen molar-refractivity contribution in [2.24, 2.45) is 5.41 Å². The minimum absolute atomic E-state index is 0.0145. The first-order valence-corrected chi connectivity index (χ1v) is 6.62. The van der Waals surface area contributed by atoms with Crippen LogP contribution >= 0.6 is 0 Å². The number of rotatable bonds is 3. The van der Waals surface area contributed by atoms with E-state index in [0.717, 1.165) is 6.20 Å². The fourth-order valence-corrected chi connectivity index (χ4v) is 2.58. The highest BCUT2D eigenvalue weighted by Gasteiger charge is 2.41. The van der Waals surface area contributed by atoms with Crippen molar-refractivity contribution in [2.45, 2.75) is 26.2 Å². The summed E-state index contributed by atoms with van der Waals surface area (Å²) in [6.45, 7) is 2.51. The molecule has 0 spiro atoms. The number of halogens is 1. The molecule has 1 N–H and O–H groups in total. The Hall–Kier alpha value is -1.98. The predicted octanol–water partition coefficient (Wildman–Crippen LogP) is 1.94.